The van der Waals surface area contributed by atoms with Crippen molar-refractivity contribution in [2.45, 2.75) is 161 Å². The maximum atomic E-state index is 12.4. The molecule has 0 aliphatic carbocycles. The number of unbranched alkanes of at least 4 members (excludes halogenated alkanes) is 11. The largest absolute Gasteiger partial charge is 0.469 e. The van der Waals surface area contributed by atoms with Crippen LogP contribution >= 0.6 is 7.82 Å². The van der Waals surface area contributed by atoms with Gasteiger partial charge in [-0.25, -0.2) is 4.57 Å². The first-order valence-corrected chi connectivity index (χ1v) is 22.3. The average Bonchev–Trinajstić information content (AvgIpc) is 3.16. The van der Waals surface area contributed by atoms with Crippen LogP contribution in [0.5, 0.6) is 0 Å². The number of carbonyl (C=O) groups excluding carboxylic acids is 2. The van der Waals surface area contributed by atoms with Crippen molar-refractivity contribution in [1.82, 2.24) is 0 Å². The molecule has 0 saturated carbocycles. The zero-order valence-electron chi connectivity index (χ0n) is 34.2. The van der Waals surface area contributed by atoms with Gasteiger partial charge in [0.2, 0.25) is 0 Å². The van der Waals surface area contributed by atoms with Gasteiger partial charge in [-0.05, 0) is 70.6 Å². The van der Waals surface area contributed by atoms with Gasteiger partial charge in [0.1, 0.15) is 6.61 Å². The van der Waals surface area contributed by atoms with Crippen LogP contribution in [0.15, 0.2) is 97.2 Å². The SMILES string of the molecule is CC/C=C\C[C@@H](O)/C=C/C=C\C/C=C\C=C\[C@@H](O)/C=C\CCCC(=O)OC[C@H](COP(=O)(O)O)OC(=O)CCCCCCCCC/C=C\C/C=C\CCCCC. The van der Waals surface area contributed by atoms with Crippen LogP contribution in [0.4, 0.5) is 0 Å². The Morgan fingerprint density at radius 3 is 1.84 bits per heavy atom. The second-order valence-corrected chi connectivity index (χ2v) is 14.9. The molecule has 4 N–H and O–H groups in total. The fourth-order valence-corrected chi connectivity index (χ4v) is 5.50. The number of hydrogen-bond acceptors (Lipinski definition) is 8. The number of allylic oxidation sites excluding steroid dienone is 12. The maximum Gasteiger partial charge on any atom is 0.469 e. The quantitative estimate of drug-likeness (QED) is 0.0158. The molecule has 10 nitrogen and oxygen atoms in total. The Morgan fingerprint density at radius 2 is 1.18 bits per heavy atom. The molecule has 0 radical (unpaired) electrons. The first-order valence-electron chi connectivity index (χ1n) is 20.8. The predicted octanol–water partition coefficient (Wildman–Crippen LogP) is 10.6. The number of rotatable bonds is 36. The third kappa shape index (κ3) is 40.6. The summed E-state index contributed by atoms with van der Waals surface area (Å²) in [5.74, 6) is -1.09. The Morgan fingerprint density at radius 1 is 0.589 bits per heavy atom. The molecule has 0 rings (SSSR count). The molecule has 0 heterocycles. The summed E-state index contributed by atoms with van der Waals surface area (Å²) in [6.07, 6.45) is 46.2. The van der Waals surface area contributed by atoms with Crippen LogP contribution in [0.25, 0.3) is 0 Å². The minimum atomic E-state index is -4.81. The molecule has 0 aliphatic rings. The van der Waals surface area contributed by atoms with Crippen LogP contribution in [-0.4, -0.2) is 63.5 Å². The van der Waals surface area contributed by atoms with E-state index in [1.54, 1.807) is 30.4 Å². The molecule has 0 aromatic carbocycles. The van der Waals surface area contributed by atoms with E-state index in [1.165, 1.54) is 38.5 Å². The van der Waals surface area contributed by atoms with E-state index in [0.29, 0.717) is 32.1 Å². The van der Waals surface area contributed by atoms with Crippen LogP contribution in [0.2, 0.25) is 0 Å². The number of hydrogen-bond donors (Lipinski definition) is 4. The van der Waals surface area contributed by atoms with Gasteiger partial charge in [-0.15, -0.1) is 0 Å². The summed E-state index contributed by atoms with van der Waals surface area (Å²) in [5.41, 5.74) is 0. The summed E-state index contributed by atoms with van der Waals surface area (Å²) >= 11 is 0. The van der Waals surface area contributed by atoms with Crippen LogP contribution in [0.1, 0.15) is 142 Å². The van der Waals surface area contributed by atoms with Gasteiger partial charge in [0, 0.05) is 12.8 Å². The molecule has 11 heteroatoms. The number of phosphoric acid groups is 1. The first kappa shape index (κ1) is 52.9. The number of esters is 2. The molecule has 0 aromatic heterocycles. The van der Waals surface area contributed by atoms with E-state index in [9.17, 15) is 24.4 Å². The summed E-state index contributed by atoms with van der Waals surface area (Å²) in [7, 11) is -4.81. The van der Waals surface area contributed by atoms with E-state index >= 15 is 0 Å². The number of aliphatic hydroxyl groups is 2. The Labute approximate surface area is 338 Å². The van der Waals surface area contributed by atoms with Gasteiger partial charge >= 0.3 is 19.8 Å². The van der Waals surface area contributed by atoms with Gasteiger partial charge in [-0.1, -0.05) is 156 Å². The summed E-state index contributed by atoms with van der Waals surface area (Å²) in [6.45, 7) is 3.29. The molecule has 0 unspecified atom stereocenters. The minimum Gasteiger partial charge on any atom is -0.462 e. The lowest BCUT2D eigenvalue weighted by atomic mass is 10.1. The molecule has 0 aliphatic heterocycles. The lowest BCUT2D eigenvalue weighted by Crippen LogP contribution is -2.29. The van der Waals surface area contributed by atoms with Crippen molar-refractivity contribution in [1.29, 1.82) is 0 Å². The molecular weight excluding hydrogens is 731 g/mol. The zero-order valence-corrected chi connectivity index (χ0v) is 35.1. The third-order valence-corrected chi connectivity index (χ3v) is 8.75. The van der Waals surface area contributed by atoms with Crippen molar-refractivity contribution in [2.75, 3.05) is 13.2 Å². The Balaban J connectivity index is 4.22. The van der Waals surface area contributed by atoms with Crippen molar-refractivity contribution in [3.63, 3.8) is 0 Å². The van der Waals surface area contributed by atoms with Crippen molar-refractivity contribution < 1.29 is 48.2 Å². The van der Waals surface area contributed by atoms with Gasteiger partial charge in [0.25, 0.3) is 0 Å². The summed E-state index contributed by atoms with van der Waals surface area (Å²) < 4.78 is 26.2. The molecule has 0 amide bonds. The molecule has 0 fully saturated rings. The smallest absolute Gasteiger partial charge is 0.462 e. The van der Waals surface area contributed by atoms with Crippen LogP contribution in [0, 0.1) is 0 Å². The van der Waals surface area contributed by atoms with Crippen molar-refractivity contribution in [3.8, 4) is 0 Å². The van der Waals surface area contributed by atoms with Crippen LogP contribution in [-0.2, 0) is 28.2 Å². The maximum absolute atomic E-state index is 12.4. The van der Waals surface area contributed by atoms with Crippen molar-refractivity contribution in [2.24, 2.45) is 0 Å². The third-order valence-electron chi connectivity index (χ3n) is 8.26. The number of aliphatic hydroxyl groups excluding tert-OH is 2. The van der Waals surface area contributed by atoms with Crippen LogP contribution in [0.3, 0.4) is 0 Å². The predicted molar refractivity (Wildman–Crippen MR) is 228 cm³/mol. The lowest BCUT2D eigenvalue weighted by molar-refractivity contribution is -0.161. The topological polar surface area (TPSA) is 160 Å². The lowest BCUT2D eigenvalue weighted by Gasteiger charge is -2.18. The van der Waals surface area contributed by atoms with Gasteiger partial charge in [0.05, 0.1) is 18.8 Å². The molecule has 0 aromatic rings. The van der Waals surface area contributed by atoms with E-state index in [-0.39, 0.29) is 19.4 Å². The molecule has 0 spiro atoms. The fourth-order valence-electron chi connectivity index (χ4n) is 5.14. The standard InChI is InChI=1S/C45H73O10P/c1-3-5-7-8-9-10-11-12-13-14-15-16-17-18-22-25-31-38-45(49)55-43(40-54-56(50,51)52)39-53-44(48)37-32-26-30-36-42(47)35-29-24-21-19-20-23-28-34-41(46)33-27-6-4-2/h6,9-10,12-13,20-21,23-24,27-30,34-36,41-43,46-47H,3-5,7-8,11,14-19,22,25-26,31-33,37-40H2,1-2H3,(H2,50,51,52)/b10-9-,13-12-,23-20-,24-21-,27-6-,34-28+,35-29+,36-30-/t41-,42-,43-/m1/s1. The van der Waals surface area contributed by atoms with E-state index in [0.717, 1.165) is 44.9 Å². The molecular formula is C45H73O10P. The number of ether oxygens (including phenoxy) is 2. The monoisotopic (exact) mass is 804 g/mol. The molecule has 56 heavy (non-hydrogen) atoms. The number of phosphoric ester groups is 1. The van der Waals surface area contributed by atoms with Gasteiger partial charge in [-0.2, -0.15) is 0 Å². The highest BCUT2D eigenvalue weighted by Crippen LogP contribution is 2.36. The van der Waals surface area contributed by atoms with Crippen molar-refractivity contribution in [3.05, 3.63) is 97.2 Å². The van der Waals surface area contributed by atoms with E-state index in [2.05, 4.69) is 42.7 Å². The van der Waals surface area contributed by atoms with Crippen LogP contribution < -0.4 is 0 Å². The highest BCUT2D eigenvalue weighted by molar-refractivity contribution is 7.46. The summed E-state index contributed by atoms with van der Waals surface area (Å²) in [6, 6.07) is 0. The highest BCUT2D eigenvalue weighted by Gasteiger charge is 2.22. The van der Waals surface area contributed by atoms with E-state index in [1.807, 2.05) is 42.5 Å². The Kier molecular flexibility index (Phi) is 36.6. The molecule has 0 bridgehead atoms. The molecule has 3 atom stereocenters. The highest BCUT2D eigenvalue weighted by atomic mass is 31.2. The Bertz CT molecular complexity index is 1260. The van der Waals surface area contributed by atoms with Gasteiger partial charge in [0.15, 0.2) is 6.10 Å². The van der Waals surface area contributed by atoms with E-state index in [4.69, 9.17) is 19.3 Å². The molecule has 0 saturated heterocycles. The first-order chi connectivity index (χ1) is 27.1. The minimum absolute atomic E-state index is 0.0736. The van der Waals surface area contributed by atoms with Gasteiger partial charge < -0.3 is 29.5 Å². The average molecular weight is 805 g/mol. The zero-order chi connectivity index (χ0) is 41.4. The second kappa shape index (κ2) is 38.7. The molecule has 318 valence electrons. The van der Waals surface area contributed by atoms with Crippen molar-refractivity contribution >= 4 is 19.8 Å². The second-order valence-electron chi connectivity index (χ2n) is 13.6. The Hall–Kier alpha value is -3.11. The fraction of sp³-hybridized carbons (Fsp3) is 0.600. The summed E-state index contributed by atoms with van der Waals surface area (Å²) in [4.78, 5) is 42.8. The number of carbonyl (C=O) groups is 2. The van der Waals surface area contributed by atoms with Gasteiger partial charge in [-0.3, -0.25) is 14.1 Å². The summed E-state index contributed by atoms with van der Waals surface area (Å²) in [5, 5.41) is 19.9. The van der Waals surface area contributed by atoms with E-state index < -0.39 is 44.7 Å². The normalized spacial score (nSPS) is 14.6.